The van der Waals surface area contributed by atoms with E-state index in [0.717, 1.165) is 30.4 Å². The Hall–Kier alpha value is -1.16. The van der Waals surface area contributed by atoms with Gasteiger partial charge in [-0.2, -0.15) is 0 Å². The molecular formula is C13H22N4. The number of rotatable bonds is 2. The fourth-order valence-corrected chi connectivity index (χ4v) is 2.49. The van der Waals surface area contributed by atoms with Crippen LogP contribution in [-0.2, 0) is 0 Å². The summed E-state index contributed by atoms with van der Waals surface area (Å²) in [5.41, 5.74) is 7.85. The molecule has 1 aliphatic rings. The molecule has 2 N–H and O–H groups in total. The molecule has 17 heavy (non-hydrogen) atoms. The molecule has 0 aliphatic carbocycles. The Kier molecular flexibility index (Phi) is 3.62. The molecule has 2 heterocycles. The fourth-order valence-electron chi connectivity index (χ4n) is 2.49. The summed E-state index contributed by atoms with van der Waals surface area (Å²) in [6.45, 7) is 8.03. The molecule has 2 unspecified atom stereocenters. The second kappa shape index (κ2) is 5.00. The molecule has 1 saturated heterocycles. The van der Waals surface area contributed by atoms with Gasteiger partial charge >= 0.3 is 0 Å². The van der Waals surface area contributed by atoms with Crippen LogP contribution < -0.4 is 10.6 Å². The minimum Gasteiger partial charge on any atom is -0.338 e. The quantitative estimate of drug-likeness (QED) is 0.845. The van der Waals surface area contributed by atoms with Crippen LogP contribution in [0.15, 0.2) is 6.07 Å². The standard InChI is InChI=1S/C13H22N4/c1-9-6-10(2)16-13(15-9)17-8-12(7-14)5-4-11(17)3/h6,11-12H,4-5,7-8,14H2,1-3H3. The lowest BCUT2D eigenvalue weighted by atomic mass is 9.94. The van der Waals surface area contributed by atoms with Gasteiger partial charge in [-0.1, -0.05) is 0 Å². The lowest BCUT2D eigenvalue weighted by molar-refractivity contribution is 0.369. The summed E-state index contributed by atoms with van der Waals surface area (Å²) in [5.74, 6) is 1.45. The van der Waals surface area contributed by atoms with Crippen LogP contribution in [0.25, 0.3) is 0 Å². The fraction of sp³-hybridized carbons (Fsp3) is 0.692. The smallest absolute Gasteiger partial charge is 0.226 e. The molecule has 1 aliphatic heterocycles. The van der Waals surface area contributed by atoms with Crippen LogP contribution in [0.2, 0.25) is 0 Å². The van der Waals surface area contributed by atoms with Crippen molar-refractivity contribution in [2.45, 2.75) is 39.7 Å². The van der Waals surface area contributed by atoms with E-state index in [4.69, 9.17) is 5.73 Å². The van der Waals surface area contributed by atoms with E-state index in [9.17, 15) is 0 Å². The lowest BCUT2D eigenvalue weighted by Gasteiger charge is -2.37. The van der Waals surface area contributed by atoms with E-state index in [-0.39, 0.29) is 0 Å². The average molecular weight is 234 g/mol. The van der Waals surface area contributed by atoms with E-state index >= 15 is 0 Å². The van der Waals surface area contributed by atoms with Gasteiger partial charge in [0.15, 0.2) is 0 Å². The van der Waals surface area contributed by atoms with Gasteiger partial charge in [-0.25, -0.2) is 9.97 Å². The van der Waals surface area contributed by atoms with Crippen molar-refractivity contribution in [1.29, 1.82) is 0 Å². The Morgan fingerprint density at radius 3 is 2.53 bits per heavy atom. The van der Waals surface area contributed by atoms with E-state index in [1.807, 2.05) is 19.9 Å². The highest BCUT2D eigenvalue weighted by atomic mass is 15.3. The van der Waals surface area contributed by atoms with Crippen LogP contribution in [-0.4, -0.2) is 29.1 Å². The van der Waals surface area contributed by atoms with Gasteiger partial charge in [0.05, 0.1) is 0 Å². The van der Waals surface area contributed by atoms with Crippen LogP contribution in [0, 0.1) is 19.8 Å². The topological polar surface area (TPSA) is 55.0 Å². The minimum absolute atomic E-state index is 0.513. The van der Waals surface area contributed by atoms with Gasteiger partial charge in [-0.05, 0) is 52.1 Å². The summed E-state index contributed by atoms with van der Waals surface area (Å²) < 4.78 is 0. The van der Waals surface area contributed by atoms with E-state index in [1.54, 1.807) is 0 Å². The molecule has 0 bridgehead atoms. The number of piperidine rings is 1. The van der Waals surface area contributed by atoms with E-state index < -0.39 is 0 Å². The maximum atomic E-state index is 5.78. The number of anilines is 1. The molecule has 4 heteroatoms. The zero-order valence-electron chi connectivity index (χ0n) is 11.0. The van der Waals surface area contributed by atoms with Crippen molar-refractivity contribution in [3.8, 4) is 0 Å². The number of hydrogen-bond acceptors (Lipinski definition) is 4. The Balaban J connectivity index is 2.24. The molecule has 1 fully saturated rings. The number of nitrogens with two attached hydrogens (primary N) is 1. The molecule has 0 amide bonds. The largest absolute Gasteiger partial charge is 0.338 e. The molecule has 0 saturated carbocycles. The highest BCUT2D eigenvalue weighted by Crippen LogP contribution is 2.25. The van der Waals surface area contributed by atoms with Crippen molar-refractivity contribution >= 4 is 5.95 Å². The van der Waals surface area contributed by atoms with Crippen molar-refractivity contribution in [2.24, 2.45) is 11.7 Å². The Morgan fingerprint density at radius 2 is 1.94 bits per heavy atom. The zero-order valence-corrected chi connectivity index (χ0v) is 11.0. The second-order valence-corrected chi connectivity index (χ2v) is 5.13. The van der Waals surface area contributed by atoms with Gasteiger partial charge in [0, 0.05) is 24.0 Å². The number of aryl methyl sites for hydroxylation is 2. The predicted molar refractivity (Wildman–Crippen MR) is 70.1 cm³/mol. The molecule has 94 valence electrons. The van der Waals surface area contributed by atoms with Crippen molar-refractivity contribution in [2.75, 3.05) is 18.0 Å². The van der Waals surface area contributed by atoms with Crippen LogP contribution in [0.3, 0.4) is 0 Å². The molecule has 4 nitrogen and oxygen atoms in total. The number of hydrogen-bond donors (Lipinski definition) is 1. The van der Waals surface area contributed by atoms with Crippen LogP contribution in [0.5, 0.6) is 0 Å². The summed E-state index contributed by atoms with van der Waals surface area (Å²) >= 11 is 0. The third-order valence-electron chi connectivity index (χ3n) is 3.54. The van der Waals surface area contributed by atoms with Crippen LogP contribution >= 0.6 is 0 Å². The Morgan fingerprint density at radius 1 is 1.29 bits per heavy atom. The van der Waals surface area contributed by atoms with Gasteiger partial charge in [-0.15, -0.1) is 0 Å². The van der Waals surface area contributed by atoms with Gasteiger partial charge in [0.25, 0.3) is 0 Å². The van der Waals surface area contributed by atoms with Crippen LogP contribution in [0.4, 0.5) is 5.95 Å². The number of aromatic nitrogens is 2. The maximum absolute atomic E-state index is 5.78. The van der Waals surface area contributed by atoms with Gasteiger partial charge in [0.1, 0.15) is 0 Å². The Labute approximate surface area is 103 Å². The van der Waals surface area contributed by atoms with Crippen molar-refractivity contribution in [3.63, 3.8) is 0 Å². The summed E-state index contributed by atoms with van der Waals surface area (Å²) in [6.07, 6.45) is 2.40. The summed E-state index contributed by atoms with van der Waals surface area (Å²) in [7, 11) is 0. The molecular weight excluding hydrogens is 212 g/mol. The number of nitrogens with zero attached hydrogens (tertiary/aromatic N) is 3. The Bertz CT molecular complexity index is 371. The molecule has 0 spiro atoms. The zero-order chi connectivity index (χ0) is 12.4. The van der Waals surface area contributed by atoms with Crippen molar-refractivity contribution < 1.29 is 0 Å². The first-order chi connectivity index (χ1) is 8.10. The monoisotopic (exact) mass is 234 g/mol. The minimum atomic E-state index is 0.513. The summed E-state index contributed by atoms with van der Waals surface area (Å²) in [5, 5.41) is 0. The maximum Gasteiger partial charge on any atom is 0.226 e. The predicted octanol–water partition coefficient (Wildman–Crippen LogP) is 1.66. The van der Waals surface area contributed by atoms with Crippen molar-refractivity contribution in [1.82, 2.24) is 9.97 Å². The van der Waals surface area contributed by atoms with E-state index in [1.165, 1.54) is 12.8 Å². The normalized spacial score (nSPS) is 25.1. The highest BCUT2D eigenvalue weighted by molar-refractivity contribution is 5.34. The van der Waals surface area contributed by atoms with Crippen LogP contribution in [0.1, 0.15) is 31.2 Å². The SMILES string of the molecule is Cc1cc(C)nc(N2CC(CN)CCC2C)n1. The first kappa shape index (κ1) is 12.3. The highest BCUT2D eigenvalue weighted by Gasteiger charge is 2.26. The molecule has 2 atom stereocenters. The first-order valence-electron chi connectivity index (χ1n) is 6.39. The first-order valence-corrected chi connectivity index (χ1v) is 6.39. The summed E-state index contributed by atoms with van der Waals surface area (Å²) in [4.78, 5) is 11.4. The molecule has 1 aromatic rings. The van der Waals surface area contributed by atoms with E-state index in [0.29, 0.717) is 12.0 Å². The lowest BCUT2D eigenvalue weighted by Crippen LogP contribution is -2.44. The van der Waals surface area contributed by atoms with E-state index in [2.05, 4.69) is 21.8 Å². The van der Waals surface area contributed by atoms with Gasteiger partial charge < -0.3 is 10.6 Å². The molecule has 0 radical (unpaired) electrons. The van der Waals surface area contributed by atoms with Gasteiger partial charge in [0.2, 0.25) is 5.95 Å². The molecule has 0 aromatic carbocycles. The molecule has 2 rings (SSSR count). The average Bonchev–Trinajstić information content (AvgIpc) is 2.28. The second-order valence-electron chi connectivity index (χ2n) is 5.13. The van der Waals surface area contributed by atoms with Gasteiger partial charge in [-0.3, -0.25) is 0 Å². The molecule has 1 aromatic heterocycles. The third-order valence-corrected chi connectivity index (χ3v) is 3.54. The van der Waals surface area contributed by atoms with Crippen molar-refractivity contribution in [3.05, 3.63) is 17.5 Å². The summed E-state index contributed by atoms with van der Waals surface area (Å²) in [6, 6.07) is 2.53. The third kappa shape index (κ3) is 2.75.